The lowest BCUT2D eigenvalue weighted by molar-refractivity contribution is -0.150. The third-order valence-electron chi connectivity index (χ3n) is 5.51. The summed E-state index contributed by atoms with van der Waals surface area (Å²) < 4.78 is 0. The Labute approximate surface area is 119 Å². The summed E-state index contributed by atoms with van der Waals surface area (Å²) in [6.45, 7) is 0. The Morgan fingerprint density at radius 2 is 1.90 bits per heavy atom. The lowest BCUT2D eigenvalue weighted by Crippen LogP contribution is -2.53. The van der Waals surface area contributed by atoms with E-state index in [0.717, 1.165) is 44.9 Å². The molecule has 0 aromatic carbocycles. The zero-order valence-corrected chi connectivity index (χ0v) is 11.9. The van der Waals surface area contributed by atoms with Crippen molar-refractivity contribution in [3.05, 3.63) is 0 Å². The molecule has 5 nitrogen and oxygen atoms in total. The lowest BCUT2D eigenvalue weighted by Gasteiger charge is -2.40. The topological polar surface area (TPSA) is 83.6 Å². The summed E-state index contributed by atoms with van der Waals surface area (Å²) in [5, 5.41) is 9.42. The molecule has 0 radical (unpaired) electrons. The highest BCUT2D eigenvalue weighted by atomic mass is 16.4. The number of carbonyl (C=O) groups excluding carboxylic acids is 1. The van der Waals surface area contributed by atoms with Gasteiger partial charge in [0.1, 0.15) is 6.04 Å². The average Bonchev–Trinajstić information content (AvgIpc) is 2.76. The third kappa shape index (κ3) is 2.32. The molecule has 3 aliphatic rings. The van der Waals surface area contributed by atoms with E-state index in [9.17, 15) is 14.7 Å². The van der Waals surface area contributed by atoms with Gasteiger partial charge >= 0.3 is 5.97 Å². The van der Waals surface area contributed by atoms with E-state index in [2.05, 4.69) is 0 Å². The molecule has 2 aliphatic carbocycles. The molecule has 1 saturated heterocycles. The van der Waals surface area contributed by atoms with Crippen LogP contribution >= 0.6 is 0 Å². The van der Waals surface area contributed by atoms with Crippen molar-refractivity contribution < 1.29 is 14.7 Å². The average molecular weight is 280 g/mol. The summed E-state index contributed by atoms with van der Waals surface area (Å²) in [6, 6.07) is -0.486. The molecule has 0 spiro atoms. The minimum atomic E-state index is -0.854. The monoisotopic (exact) mass is 280 g/mol. The second kappa shape index (κ2) is 5.02. The van der Waals surface area contributed by atoms with Gasteiger partial charge in [-0.3, -0.25) is 4.79 Å². The largest absolute Gasteiger partial charge is 0.480 e. The summed E-state index contributed by atoms with van der Waals surface area (Å²) in [6.07, 6.45) is 8.09. The van der Waals surface area contributed by atoms with Crippen LogP contribution in [0.5, 0.6) is 0 Å². The number of carboxylic acid groups (broad SMARTS) is 1. The van der Waals surface area contributed by atoms with Crippen LogP contribution in [0.4, 0.5) is 0 Å². The van der Waals surface area contributed by atoms with Crippen LogP contribution in [0.15, 0.2) is 0 Å². The molecule has 112 valence electrons. The number of carboxylic acids is 1. The molecule has 2 saturated carbocycles. The molecule has 3 fully saturated rings. The van der Waals surface area contributed by atoms with Crippen LogP contribution in [0.25, 0.3) is 0 Å². The Balaban J connectivity index is 1.76. The van der Waals surface area contributed by atoms with Gasteiger partial charge in [0.2, 0.25) is 5.91 Å². The van der Waals surface area contributed by atoms with Crippen LogP contribution in [0.2, 0.25) is 0 Å². The number of amides is 1. The van der Waals surface area contributed by atoms with Gasteiger partial charge in [-0.1, -0.05) is 12.8 Å². The van der Waals surface area contributed by atoms with Gasteiger partial charge in [0, 0.05) is 18.0 Å². The molecule has 3 rings (SSSR count). The zero-order chi connectivity index (χ0) is 14.3. The number of likely N-dealkylation sites (tertiary alicyclic amines) is 1. The first kappa shape index (κ1) is 13.9. The van der Waals surface area contributed by atoms with Gasteiger partial charge in [-0.2, -0.15) is 0 Å². The first-order valence-corrected chi connectivity index (χ1v) is 7.83. The minimum Gasteiger partial charge on any atom is -0.480 e. The van der Waals surface area contributed by atoms with Gasteiger partial charge in [0.25, 0.3) is 0 Å². The van der Waals surface area contributed by atoms with Gasteiger partial charge in [-0.15, -0.1) is 0 Å². The normalized spacial score (nSPS) is 35.2. The molecule has 5 heteroatoms. The maximum Gasteiger partial charge on any atom is 0.326 e. The number of hydrogen-bond acceptors (Lipinski definition) is 3. The molecule has 1 heterocycles. The fourth-order valence-corrected chi connectivity index (χ4v) is 4.24. The van der Waals surface area contributed by atoms with E-state index in [1.54, 1.807) is 4.90 Å². The summed E-state index contributed by atoms with van der Waals surface area (Å²) in [4.78, 5) is 25.8. The third-order valence-corrected chi connectivity index (χ3v) is 5.51. The molecule has 1 aliphatic heterocycles. The van der Waals surface area contributed by atoms with E-state index in [4.69, 9.17) is 5.73 Å². The first-order valence-electron chi connectivity index (χ1n) is 7.83. The number of rotatable bonds is 3. The predicted molar refractivity (Wildman–Crippen MR) is 74.0 cm³/mol. The van der Waals surface area contributed by atoms with Gasteiger partial charge in [-0.25, -0.2) is 4.79 Å². The highest BCUT2D eigenvalue weighted by Gasteiger charge is 2.49. The molecular weight excluding hydrogens is 256 g/mol. The van der Waals surface area contributed by atoms with Crippen LogP contribution in [-0.2, 0) is 9.59 Å². The Morgan fingerprint density at radius 1 is 1.20 bits per heavy atom. The molecule has 3 N–H and O–H groups in total. The molecule has 0 aromatic heterocycles. The second-order valence-corrected chi connectivity index (χ2v) is 6.90. The number of nitrogens with zero attached hydrogens (tertiary/aromatic N) is 1. The Kier molecular flexibility index (Phi) is 3.48. The Morgan fingerprint density at radius 3 is 2.50 bits per heavy atom. The smallest absolute Gasteiger partial charge is 0.326 e. The van der Waals surface area contributed by atoms with Crippen LogP contribution in [0.3, 0.4) is 0 Å². The predicted octanol–water partition coefficient (Wildman–Crippen LogP) is 1.50. The molecule has 1 amide bonds. The summed E-state index contributed by atoms with van der Waals surface area (Å²) in [7, 11) is 0. The van der Waals surface area contributed by atoms with Crippen LogP contribution in [0.1, 0.15) is 57.8 Å². The van der Waals surface area contributed by atoms with Crippen molar-refractivity contribution in [3.8, 4) is 0 Å². The SMILES string of the molecule is NC1(CC(=O)N2C(C(=O)O)CC3CCCCC32)CCC1. The van der Waals surface area contributed by atoms with Crippen molar-refractivity contribution >= 4 is 11.9 Å². The first-order chi connectivity index (χ1) is 9.50. The molecule has 20 heavy (non-hydrogen) atoms. The zero-order valence-electron chi connectivity index (χ0n) is 11.9. The fraction of sp³-hybridized carbons (Fsp3) is 0.867. The van der Waals surface area contributed by atoms with Gasteiger partial charge in [0.05, 0.1) is 0 Å². The maximum atomic E-state index is 12.6. The van der Waals surface area contributed by atoms with Crippen molar-refractivity contribution in [2.75, 3.05) is 0 Å². The molecule has 3 unspecified atom stereocenters. The number of fused-ring (bicyclic) bond motifs is 1. The van der Waals surface area contributed by atoms with Crippen molar-refractivity contribution in [1.82, 2.24) is 4.90 Å². The fourth-order valence-electron chi connectivity index (χ4n) is 4.24. The van der Waals surface area contributed by atoms with Gasteiger partial charge in [-0.05, 0) is 44.4 Å². The number of aliphatic carboxylic acids is 1. The van der Waals surface area contributed by atoms with E-state index in [-0.39, 0.29) is 17.5 Å². The molecule has 3 atom stereocenters. The summed E-state index contributed by atoms with van der Waals surface area (Å²) >= 11 is 0. The molecule has 0 aromatic rings. The van der Waals surface area contributed by atoms with E-state index >= 15 is 0 Å². The Bertz CT molecular complexity index is 419. The van der Waals surface area contributed by atoms with Gasteiger partial charge in [0.15, 0.2) is 0 Å². The van der Waals surface area contributed by atoms with Crippen LogP contribution in [0, 0.1) is 5.92 Å². The highest BCUT2D eigenvalue weighted by Crippen LogP contribution is 2.41. The van der Waals surface area contributed by atoms with Crippen molar-refractivity contribution in [1.29, 1.82) is 0 Å². The maximum absolute atomic E-state index is 12.6. The Hall–Kier alpha value is -1.10. The number of nitrogens with two attached hydrogens (primary N) is 1. The van der Waals surface area contributed by atoms with E-state index in [0.29, 0.717) is 18.8 Å². The molecule has 0 bridgehead atoms. The van der Waals surface area contributed by atoms with Crippen molar-refractivity contribution in [2.45, 2.75) is 75.4 Å². The number of carbonyl (C=O) groups is 2. The van der Waals surface area contributed by atoms with Crippen LogP contribution in [-0.4, -0.2) is 39.5 Å². The quantitative estimate of drug-likeness (QED) is 0.820. The van der Waals surface area contributed by atoms with Crippen LogP contribution < -0.4 is 5.73 Å². The molecular formula is C15H24N2O3. The highest BCUT2D eigenvalue weighted by molar-refractivity contribution is 5.85. The minimum absolute atomic E-state index is 0.0333. The summed E-state index contributed by atoms with van der Waals surface area (Å²) in [5.41, 5.74) is 5.80. The lowest BCUT2D eigenvalue weighted by atomic mass is 9.75. The van der Waals surface area contributed by atoms with Crippen molar-refractivity contribution in [2.24, 2.45) is 11.7 Å². The number of hydrogen-bond donors (Lipinski definition) is 2. The van der Waals surface area contributed by atoms with E-state index in [1.165, 1.54) is 0 Å². The van der Waals surface area contributed by atoms with Crippen molar-refractivity contribution in [3.63, 3.8) is 0 Å². The van der Waals surface area contributed by atoms with Gasteiger partial charge < -0.3 is 15.7 Å². The second-order valence-electron chi connectivity index (χ2n) is 6.90. The van der Waals surface area contributed by atoms with E-state index in [1.807, 2.05) is 0 Å². The summed E-state index contributed by atoms with van der Waals surface area (Å²) in [5.74, 6) is -0.509. The van der Waals surface area contributed by atoms with E-state index < -0.39 is 12.0 Å². The standard InChI is InChI=1S/C15H24N2O3/c16-15(6-3-7-15)9-13(18)17-11-5-2-1-4-10(11)8-12(17)14(19)20/h10-12H,1-9,16H2,(H,19,20).